The molecule has 0 aliphatic heterocycles. The Labute approximate surface area is 94.4 Å². The number of anilines is 1. The van der Waals surface area contributed by atoms with Crippen LogP contribution in [0.25, 0.3) is 0 Å². The fourth-order valence-electron chi connectivity index (χ4n) is 1.57. The van der Waals surface area contributed by atoms with Crippen molar-refractivity contribution in [3.05, 3.63) is 47.5 Å². The Kier molecular flexibility index (Phi) is 3.22. The Morgan fingerprint density at radius 1 is 1.38 bits per heavy atom. The third-order valence-corrected chi connectivity index (χ3v) is 2.57. The molecule has 16 heavy (non-hydrogen) atoms. The fraction of sp³-hybridized carbons (Fsp3) is 0.250. The number of aliphatic hydroxyl groups excluding tert-OH is 1. The summed E-state index contributed by atoms with van der Waals surface area (Å²) in [6, 6.07) is 7.71. The second kappa shape index (κ2) is 4.81. The van der Waals surface area contributed by atoms with Crippen molar-refractivity contribution >= 4 is 5.69 Å². The van der Waals surface area contributed by atoms with Crippen LogP contribution in [0.1, 0.15) is 17.0 Å². The number of aliphatic hydroxyl groups is 1. The molecule has 0 radical (unpaired) electrons. The van der Waals surface area contributed by atoms with Gasteiger partial charge in [0.2, 0.25) is 0 Å². The van der Waals surface area contributed by atoms with E-state index < -0.39 is 0 Å². The zero-order valence-electron chi connectivity index (χ0n) is 9.20. The highest BCUT2D eigenvalue weighted by atomic mass is 16.3. The topological polar surface area (TPSA) is 60.9 Å². The average molecular weight is 217 g/mol. The molecule has 0 amide bonds. The molecule has 2 aromatic rings. The Morgan fingerprint density at radius 3 is 2.88 bits per heavy atom. The number of rotatable bonds is 4. The number of hydrogen-bond donors (Lipinski definition) is 3. The summed E-state index contributed by atoms with van der Waals surface area (Å²) in [6.45, 7) is 2.69. The number of aromatic nitrogens is 2. The maximum atomic E-state index is 9.17. The molecule has 0 spiro atoms. The number of nitrogens with one attached hydrogen (secondary N) is 2. The number of hydrogen-bond acceptors (Lipinski definition) is 3. The first-order chi connectivity index (χ1) is 7.81. The number of aromatic amines is 1. The third kappa shape index (κ3) is 2.23. The van der Waals surface area contributed by atoms with Crippen LogP contribution >= 0.6 is 0 Å². The van der Waals surface area contributed by atoms with Crippen LogP contribution in [-0.4, -0.2) is 15.1 Å². The lowest BCUT2D eigenvalue weighted by Crippen LogP contribution is -2.03. The summed E-state index contributed by atoms with van der Waals surface area (Å²) in [4.78, 5) is 7.24. The van der Waals surface area contributed by atoms with Crippen molar-refractivity contribution in [3.63, 3.8) is 0 Å². The molecule has 1 heterocycles. The van der Waals surface area contributed by atoms with Crippen LogP contribution in [0.5, 0.6) is 0 Å². The van der Waals surface area contributed by atoms with E-state index in [9.17, 15) is 0 Å². The van der Waals surface area contributed by atoms with Gasteiger partial charge in [0.15, 0.2) is 0 Å². The van der Waals surface area contributed by atoms with Gasteiger partial charge in [-0.2, -0.15) is 0 Å². The summed E-state index contributed by atoms with van der Waals surface area (Å²) in [5, 5.41) is 12.4. The second-order valence-corrected chi connectivity index (χ2v) is 3.64. The molecule has 1 aromatic heterocycles. The maximum absolute atomic E-state index is 9.17. The van der Waals surface area contributed by atoms with Gasteiger partial charge in [0.1, 0.15) is 0 Å². The average Bonchev–Trinajstić information content (AvgIpc) is 2.72. The lowest BCUT2D eigenvalue weighted by atomic mass is 10.2. The van der Waals surface area contributed by atoms with E-state index in [2.05, 4.69) is 15.3 Å². The monoisotopic (exact) mass is 217 g/mol. The highest BCUT2D eigenvalue weighted by Crippen LogP contribution is 2.15. The molecule has 0 aliphatic rings. The Balaban J connectivity index is 2.07. The summed E-state index contributed by atoms with van der Waals surface area (Å²) in [5.74, 6) is 0. The minimum absolute atomic E-state index is 0.0444. The number of nitrogens with zero attached hydrogens (tertiary/aromatic N) is 1. The lowest BCUT2D eigenvalue weighted by molar-refractivity contribution is 0.282. The van der Waals surface area contributed by atoms with Gasteiger partial charge in [-0.15, -0.1) is 0 Å². The zero-order chi connectivity index (χ0) is 11.4. The van der Waals surface area contributed by atoms with E-state index in [4.69, 9.17) is 5.11 Å². The molecule has 4 heteroatoms. The van der Waals surface area contributed by atoms with E-state index in [1.165, 1.54) is 0 Å². The predicted octanol–water partition coefficient (Wildman–Crippen LogP) is 1.82. The molecule has 0 aliphatic carbocycles. The van der Waals surface area contributed by atoms with Crippen molar-refractivity contribution in [2.24, 2.45) is 0 Å². The van der Waals surface area contributed by atoms with E-state index in [0.29, 0.717) is 6.54 Å². The van der Waals surface area contributed by atoms with Crippen LogP contribution in [0, 0.1) is 6.92 Å². The van der Waals surface area contributed by atoms with Crippen molar-refractivity contribution in [1.29, 1.82) is 0 Å². The van der Waals surface area contributed by atoms with Gasteiger partial charge in [-0.25, -0.2) is 4.98 Å². The van der Waals surface area contributed by atoms with E-state index in [1.54, 1.807) is 6.33 Å². The highest BCUT2D eigenvalue weighted by Gasteiger charge is 2.03. The predicted molar refractivity (Wildman–Crippen MR) is 63.0 cm³/mol. The molecule has 2 rings (SSSR count). The van der Waals surface area contributed by atoms with E-state index >= 15 is 0 Å². The zero-order valence-corrected chi connectivity index (χ0v) is 9.20. The third-order valence-electron chi connectivity index (χ3n) is 2.57. The Hall–Kier alpha value is -1.81. The van der Waals surface area contributed by atoms with Gasteiger partial charge in [-0.05, 0) is 13.0 Å². The smallest absolute Gasteiger partial charge is 0.0925 e. The van der Waals surface area contributed by atoms with Gasteiger partial charge in [-0.3, -0.25) is 0 Å². The van der Waals surface area contributed by atoms with Gasteiger partial charge in [-0.1, -0.05) is 18.2 Å². The molecule has 0 bridgehead atoms. The van der Waals surface area contributed by atoms with Crippen molar-refractivity contribution < 1.29 is 5.11 Å². The lowest BCUT2D eigenvalue weighted by Gasteiger charge is -2.09. The van der Waals surface area contributed by atoms with Gasteiger partial charge in [0.05, 0.1) is 25.2 Å². The Morgan fingerprint density at radius 2 is 2.19 bits per heavy atom. The van der Waals surface area contributed by atoms with Gasteiger partial charge in [0, 0.05) is 16.9 Å². The molecule has 3 N–H and O–H groups in total. The normalized spacial score (nSPS) is 10.4. The summed E-state index contributed by atoms with van der Waals surface area (Å²) in [7, 11) is 0. The van der Waals surface area contributed by atoms with Gasteiger partial charge in [0.25, 0.3) is 0 Å². The molecular formula is C12H15N3O. The number of para-hydroxylation sites is 1. The minimum Gasteiger partial charge on any atom is -0.392 e. The molecule has 0 saturated heterocycles. The molecule has 0 atom stereocenters. The number of imidazole rings is 1. The minimum atomic E-state index is 0.0444. The Bertz CT molecular complexity index is 465. The van der Waals surface area contributed by atoms with Crippen LogP contribution in [0.15, 0.2) is 30.6 Å². The van der Waals surface area contributed by atoms with Crippen molar-refractivity contribution in [3.8, 4) is 0 Å². The number of benzene rings is 1. The van der Waals surface area contributed by atoms with Crippen LogP contribution in [0.2, 0.25) is 0 Å². The van der Waals surface area contributed by atoms with Crippen molar-refractivity contribution in [2.75, 3.05) is 5.32 Å². The molecular weight excluding hydrogens is 202 g/mol. The summed E-state index contributed by atoms with van der Waals surface area (Å²) < 4.78 is 0. The first-order valence-corrected chi connectivity index (χ1v) is 5.22. The number of H-pyrrole nitrogens is 1. The first-order valence-electron chi connectivity index (χ1n) is 5.22. The van der Waals surface area contributed by atoms with E-state index in [1.807, 2.05) is 31.2 Å². The number of aryl methyl sites for hydroxylation is 1. The van der Waals surface area contributed by atoms with Crippen LogP contribution < -0.4 is 5.32 Å². The highest BCUT2D eigenvalue weighted by molar-refractivity contribution is 5.50. The largest absolute Gasteiger partial charge is 0.392 e. The second-order valence-electron chi connectivity index (χ2n) is 3.64. The maximum Gasteiger partial charge on any atom is 0.0925 e. The molecule has 0 unspecified atom stereocenters. The van der Waals surface area contributed by atoms with Gasteiger partial charge < -0.3 is 15.4 Å². The molecule has 0 fully saturated rings. The van der Waals surface area contributed by atoms with Crippen LogP contribution in [0.4, 0.5) is 5.69 Å². The van der Waals surface area contributed by atoms with Crippen molar-refractivity contribution in [2.45, 2.75) is 20.1 Å². The SMILES string of the molecule is Cc1[nH]cnc1CNc1ccccc1CO. The van der Waals surface area contributed by atoms with E-state index in [0.717, 1.165) is 22.6 Å². The molecule has 1 aromatic carbocycles. The van der Waals surface area contributed by atoms with Crippen molar-refractivity contribution in [1.82, 2.24) is 9.97 Å². The van der Waals surface area contributed by atoms with Gasteiger partial charge >= 0.3 is 0 Å². The van der Waals surface area contributed by atoms with Crippen LogP contribution in [-0.2, 0) is 13.2 Å². The summed E-state index contributed by atoms with van der Waals surface area (Å²) in [5.41, 5.74) is 3.91. The molecule has 84 valence electrons. The summed E-state index contributed by atoms with van der Waals surface area (Å²) in [6.07, 6.45) is 1.68. The molecule has 4 nitrogen and oxygen atoms in total. The first kappa shape index (κ1) is 10.7. The molecule has 0 saturated carbocycles. The van der Waals surface area contributed by atoms with Crippen LogP contribution in [0.3, 0.4) is 0 Å². The standard InChI is InChI=1S/C12H15N3O/c1-9-12(15-8-14-9)6-13-11-5-3-2-4-10(11)7-16/h2-5,8,13,16H,6-7H2,1H3,(H,14,15). The quantitative estimate of drug-likeness (QED) is 0.732. The fourth-order valence-corrected chi connectivity index (χ4v) is 1.57. The van der Waals surface area contributed by atoms with E-state index in [-0.39, 0.29) is 6.61 Å². The summed E-state index contributed by atoms with van der Waals surface area (Å²) >= 11 is 0.